The van der Waals surface area contributed by atoms with Gasteiger partial charge in [-0.3, -0.25) is 64.0 Å². The third kappa shape index (κ3) is 33.6. The number of ketones is 2. The normalized spacial score (nSPS) is 15.3. The van der Waals surface area contributed by atoms with Gasteiger partial charge in [0.15, 0.2) is 5.78 Å². The second-order valence-corrected chi connectivity index (χ2v) is 38.2. The fraction of sp³-hybridized carbons (Fsp3) is 0.571. The van der Waals surface area contributed by atoms with Crippen LogP contribution in [0, 0.1) is 76.0 Å². The first-order valence-corrected chi connectivity index (χ1v) is 43.1. The molecule has 2 aromatic carbocycles. The topological polar surface area (TPSA) is 410 Å². The van der Waals surface area contributed by atoms with Crippen LogP contribution < -0.4 is 4.74 Å². The van der Waals surface area contributed by atoms with Crippen molar-refractivity contribution in [3.05, 3.63) is 156 Å². The number of likely N-dealkylation sites (N-methyl/N-ethyl adjacent to an activating group) is 2. The summed E-state index contributed by atoms with van der Waals surface area (Å²) < 4.78 is 42.0. The van der Waals surface area contributed by atoms with Crippen LogP contribution in [-0.2, 0) is 38.1 Å². The van der Waals surface area contributed by atoms with Crippen molar-refractivity contribution < 1.29 is 89.5 Å². The average Bonchev–Trinajstić information content (AvgIpc) is 1.79. The maximum atomic E-state index is 14.7. The van der Waals surface area contributed by atoms with Crippen molar-refractivity contribution in [3.63, 3.8) is 0 Å². The molecule has 6 rings (SSSR count). The minimum Gasteiger partial charge on any atom is -0.448 e. The predicted octanol–water partition coefficient (Wildman–Crippen LogP) is 17.0. The Hall–Kier alpha value is -7.82. The molecule has 638 valence electrons. The summed E-state index contributed by atoms with van der Waals surface area (Å²) in [7, 11) is 13.6. The summed E-state index contributed by atoms with van der Waals surface area (Å²) in [5.41, 5.74) is 0.413. The van der Waals surface area contributed by atoms with Gasteiger partial charge in [0.05, 0.1) is 87.2 Å². The van der Waals surface area contributed by atoms with Crippen LogP contribution in [0.15, 0.2) is 125 Å². The number of nitro benzene ring substituents is 1. The maximum Gasteiger partial charge on any atom is 0.513 e. The number of amides is 3. The highest BCUT2D eigenvalue weighted by Gasteiger charge is 2.44. The molecule has 115 heavy (non-hydrogen) atoms. The number of hydrogen-bond acceptors (Lipinski definition) is 30. The Bertz CT molecular complexity index is 3960. The number of halogens is 1. The smallest absolute Gasteiger partial charge is 0.448 e. The number of hydrogen-bond donors (Lipinski definition) is 2. The van der Waals surface area contributed by atoms with Gasteiger partial charge < -0.3 is 48.6 Å². The number of benzene rings is 2. The van der Waals surface area contributed by atoms with Crippen LogP contribution in [0.25, 0.3) is 0 Å². The van der Waals surface area contributed by atoms with E-state index in [4.69, 9.17) is 30.2 Å². The first-order valence-electron chi connectivity index (χ1n) is 37.4. The summed E-state index contributed by atoms with van der Waals surface area (Å²) in [6.07, 6.45) is 2.00. The molecule has 5 aromatic rings. The Morgan fingerprint density at radius 2 is 1.10 bits per heavy atom. The molecule has 0 bridgehead atoms. The highest BCUT2D eigenvalue weighted by molar-refractivity contribution is 8.77. The molecule has 10 atom stereocenters. The number of aromatic nitrogens is 3. The fourth-order valence-electron chi connectivity index (χ4n) is 11.8. The molecule has 1 saturated heterocycles. The molecule has 2 N–H and O–H groups in total. The molecular weight excluding hydrogens is 1610 g/mol. The lowest BCUT2D eigenvalue weighted by atomic mass is 9.83. The molecule has 3 aromatic heterocycles. The van der Waals surface area contributed by atoms with Gasteiger partial charge in [-0.1, -0.05) is 125 Å². The number of ether oxygens (including phenoxy) is 5. The van der Waals surface area contributed by atoms with Crippen LogP contribution >= 0.6 is 64.8 Å². The van der Waals surface area contributed by atoms with Gasteiger partial charge >= 0.3 is 12.2 Å². The largest absolute Gasteiger partial charge is 0.513 e. The van der Waals surface area contributed by atoms with Crippen LogP contribution in [0.1, 0.15) is 150 Å². The number of Topliss-reactive ketones (excluding diaryl/α,β-unsaturated/α-hetero) is 2. The summed E-state index contributed by atoms with van der Waals surface area (Å²) >= 11 is 0. The first kappa shape index (κ1) is 99.5. The number of nitrogens with zero attached hydrogens (tertiary/aromatic N) is 10. The Labute approximate surface area is 698 Å². The van der Waals surface area contributed by atoms with E-state index in [2.05, 4.69) is 15.0 Å². The molecule has 31 nitrogen and oxygen atoms in total. The Balaban J connectivity index is 0.000000779. The van der Waals surface area contributed by atoms with Gasteiger partial charge in [0.25, 0.3) is 22.7 Å². The maximum absolute atomic E-state index is 14.7. The summed E-state index contributed by atoms with van der Waals surface area (Å²) in [5.74, 6) is -2.88. The summed E-state index contributed by atoms with van der Waals surface area (Å²) in [4.78, 5) is 140. The van der Waals surface area contributed by atoms with Crippen molar-refractivity contribution in [1.82, 2.24) is 29.7 Å². The Morgan fingerprint density at radius 1 is 0.635 bits per heavy atom. The van der Waals surface area contributed by atoms with E-state index in [1.54, 1.807) is 36.1 Å². The molecule has 1 fully saturated rings. The number of carbonyl (C=O) groups is 6. The summed E-state index contributed by atoms with van der Waals surface area (Å²) in [6, 6.07) is 21.4. The van der Waals surface area contributed by atoms with E-state index in [-0.39, 0.29) is 127 Å². The van der Waals surface area contributed by atoms with Gasteiger partial charge in [-0.2, -0.15) is 0 Å². The highest BCUT2D eigenvalue weighted by Crippen LogP contribution is 2.43. The van der Waals surface area contributed by atoms with Crippen LogP contribution in [0.2, 0.25) is 0 Å². The molecule has 0 spiro atoms. The summed E-state index contributed by atoms with van der Waals surface area (Å²) in [5, 5.41) is 64.5. The Kier molecular flexibility index (Phi) is 42.8. The zero-order valence-corrected chi connectivity index (χ0v) is 72.9. The van der Waals surface area contributed by atoms with Crippen LogP contribution in [0.4, 0.5) is 36.7 Å². The van der Waals surface area contributed by atoms with Gasteiger partial charge in [0, 0.05) is 96.0 Å². The van der Waals surface area contributed by atoms with Crippen molar-refractivity contribution >= 4 is 123 Å². The van der Waals surface area contributed by atoms with Crippen LogP contribution in [-0.4, -0.2) is 202 Å². The zero-order valence-electron chi connectivity index (χ0n) is 69.0. The number of likely N-dealkylation sites (tertiary alicyclic amines) is 1. The molecule has 38 heteroatoms. The number of carbonyl (C=O) groups excluding carboxylic acids is 6. The molecular formula is C77H111FN10O21S6. The number of pyridine rings is 3. The van der Waals surface area contributed by atoms with Gasteiger partial charge in [0.1, 0.15) is 58.4 Å². The highest BCUT2D eigenvalue weighted by atomic mass is 33.1. The molecule has 0 saturated carbocycles. The van der Waals surface area contributed by atoms with Crippen molar-refractivity contribution in [2.24, 2.45) is 35.5 Å². The summed E-state index contributed by atoms with van der Waals surface area (Å²) in [6.45, 7) is 27.1. The number of nitro groups is 4. The lowest BCUT2D eigenvalue weighted by Crippen LogP contribution is -2.54. The van der Waals surface area contributed by atoms with Gasteiger partial charge in [-0.05, 0) is 146 Å². The number of methoxy groups -OCH3 is 2. The van der Waals surface area contributed by atoms with E-state index >= 15 is 0 Å². The molecule has 0 unspecified atom stereocenters. The molecule has 0 radical (unpaired) electrons. The zero-order chi connectivity index (χ0) is 87.5. The van der Waals surface area contributed by atoms with E-state index < -0.39 is 90.8 Å². The molecule has 4 heterocycles. The molecule has 3 amide bonds. The van der Waals surface area contributed by atoms with Crippen LogP contribution in [0.3, 0.4) is 0 Å². The van der Waals surface area contributed by atoms with E-state index in [1.165, 1.54) is 151 Å². The van der Waals surface area contributed by atoms with Gasteiger partial charge in [-0.25, -0.2) is 24.5 Å². The average molecular weight is 1730 g/mol. The van der Waals surface area contributed by atoms with E-state index in [9.17, 15) is 78.7 Å². The van der Waals surface area contributed by atoms with Crippen molar-refractivity contribution in [3.8, 4) is 5.75 Å². The van der Waals surface area contributed by atoms with E-state index in [0.717, 1.165) is 12.0 Å². The number of non-ortho nitro benzene ring substituents is 1. The third-order valence-corrected chi connectivity index (χ3v) is 27.9. The molecule has 0 aliphatic carbocycles. The fourth-order valence-corrected chi connectivity index (χ4v) is 17.7. The first-order chi connectivity index (χ1) is 54.4. The van der Waals surface area contributed by atoms with Crippen molar-refractivity contribution in [1.29, 1.82) is 0 Å². The molecule has 1 aliphatic rings. The van der Waals surface area contributed by atoms with Crippen molar-refractivity contribution in [2.45, 2.75) is 201 Å². The second-order valence-electron chi connectivity index (χ2n) is 29.6. The van der Waals surface area contributed by atoms with Gasteiger partial charge in [0.2, 0.25) is 11.8 Å². The number of rotatable bonds is 41. The lowest BCUT2D eigenvalue weighted by Gasteiger charge is -2.41. The quantitative estimate of drug-likeness (QED) is 0.0121. The third-order valence-electron chi connectivity index (χ3n) is 18.3. The standard InChI is InChI=1S/C51H79N5O11S2.C16H15N3O7S2.C9H12N2O3S2.CH3F.H2/c1-15-33(6)46(42(65-13)28-44(59)55-25-19-22-39(55)48(66-14)35(8)40(57)26-34(7)47(60)36-20-17-16-18-21-36)53(11)49(61)38(31(2)3)27-41(58)45(32(4)5)54(12)50(62)67-30-51(9,10)69-68-43-24-23-37(29-52-43)56(63)64;1-16(2,28-27-14-8-5-12(9-17-14)19(23)24)10-25-15(20)26-13-6-3-11(4-7-13)18(21)22;1-9(2,6-12)16-15-8-4-3-7(5-10-8)11(13)14;1-2;/h16-18,20-21,23-24,29,31-35,38-39,42,45-48,60H,15,19,22,25-28,30H2,1-14H3;3-9H,10H2,1-2H3;3-5,12H,6H2,1-2H3;1H3;1H/t33-,34-,35-,38-,39-,42+,45-,46-,47+,48+;;;;/m0..../s1/i;;;1D;1+1. The monoisotopic (exact) mass is 1720 g/mol. The number of aliphatic hydroxyl groups excluding tert-OH is 2. The van der Waals surface area contributed by atoms with E-state index in [1.807, 2.05) is 127 Å². The lowest BCUT2D eigenvalue weighted by molar-refractivity contribution is -0.385. The minimum absolute atomic E-state index is 0. The van der Waals surface area contributed by atoms with E-state index in [0.29, 0.717) is 34.5 Å². The SMILES string of the molecule is CC(C)(CO)SSc1ccc([N+](=O)[O-])cn1.CC(C)(COC(=O)Oc1ccc([N+](=O)[O-])cc1)SSc1ccc([N+](=O)[O-])cn1.CC[C@H](C)[C@@H]([C@@H](CC(=O)N1CCC[C@H]1[C@H](OC)[C@@H](C)C(=O)C[C@H](C)[C@@H](O)c1ccccc1)OC)N(C)C(=O)[C@@H](CC(=O)[C@H](C(C)C)N(C)C(=O)OCC(C)(C)SSc1ccc([N+](=O)[O-])cn1)C(C)C.[2HH].[2H]CF. The van der Waals surface area contributed by atoms with Gasteiger partial charge in [-0.15, -0.1) is 0 Å². The predicted molar refractivity (Wildman–Crippen MR) is 449 cm³/mol. The Morgan fingerprint density at radius 3 is 1.50 bits per heavy atom. The second kappa shape index (κ2) is 49.4. The number of aliphatic hydroxyl groups is 2. The van der Waals surface area contributed by atoms with Crippen LogP contribution in [0.5, 0.6) is 5.75 Å². The minimum atomic E-state index is -1.00. The number of alkyl halides is 1. The molecule has 1 aliphatic heterocycles. The van der Waals surface area contributed by atoms with Crippen molar-refractivity contribution in [2.75, 3.05) is 61.8 Å².